The van der Waals surface area contributed by atoms with E-state index in [4.69, 9.17) is 11.6 Å². The molecule has 3 aromatic rings. The lowest BCUT2D eigenvalue weighted by Crippen LogP contribution is -2.19. The number of aromatic nitrogens is 1. The molecule has 1 fully saturated rings. The first-order chi connectivity index (χ1) is 14.3. The largest absolute Gasteiger partial charge is 0.318 e. The fourth-order valence-corrected chi connectivity index (χ4v) is 4.32. The lowest BCUT2D eigenvalue weighted by molar-refractivity contribution is -0.115. The van der Waals surface area contributed by atoms with E-state index in [1.165, 1.54) is 23.9 Å². The number of benzene rings is 2. The second-order valence-corrected chi connectivity index (χ2v) is 8.49. The highest BCUT2D eigenvalue weighted by atomic mass is 35.5. The molecule has 0 radical (unpaired) electrons. The number of hydrogen-bond acceptors (Lipinski definition) is 3. The molecule has 1 N–H and O–H groups in total. The van der Waals surface area contributed by atoms with Crippen LogP contribution < -0.4 is 5.32 Å². The first kappa shape index (κ1) is 20.4. The molecule has 0 bridgehead atoms. The van der Waals surface area contributed by atoms with Crippen molar-refractivity contribution in [2.24, 2.45) is 4.99 Å². The molecule has 152 valence electrons. The van der Waals surface area contributed by atoms with Gasteiger partial charge in [-0.1, -0.05) is 17.7 Å². The van der Waals surface area contributed by atoms with E-state index in [9.17, 15) is 9.18 Å². The first-order valence-corrected chi connectivity index (χ1v) is 10.5. The van der Waals surface area contributed by atoms with E-state index >= 15 is 0 Å². The standard InChI is InChI=1S/C23H19ClFN3OS/c1-13-4-7-18(12-20(13)24)26-23-27-22(29)21(30-23)11-16-10-14(2)28(15(16)3)19-8-5-17(25)6-9-19/h4-12H,1-3H3,(H,26,27,29)/b21-11-. The average Bonchev–Trinajstić information content (AvgIpc) is 3.18. The van der Waals surface area contributed by atoms with E-state index in [0.29, 0.717) is 20.8 Å². The third-order valence-corrected chi connectivity index (χ3v) is 6.20. The first-order valence-electron chi connectivity index (χ1n) is 9.32. The maximum Gasteiger partial charge on any atom is 0.264 e. The number of amides is 1. The van der Waals surface area contributed by atoms with Gasteiger partial charge in [0.25, 0.3) is 5.91 Å². The number of nitrogens with one attached hydrogen (secondary N) is 1. The van der Waals surface area contributed by atoms with Crippen LogP contribution in [0.5, 0.6) is 0 Å². The third kappa shape index (κ3) is 4.06. The Kier molecular flexibility index (Phi) is 5.54. The molecule has 0 aliphatic carbocycles. The van der Waals surface area contributed by atoms with Gasteiger partial charge in [-0.05, 0) is 92.2 Å². The molecule has 1 aliphatic rings. The summed E-state index contributed by atoms with van der Waals surface area (Å²) in [4.78, 5) is 17.5. The van der Waals surface area contributed by atoms with E-state index in [1.54, 1.807) is 18.2 Å². The average molecular weight is 440 g/mol. The van der Waals surface area contributed by atoms with E-state index < -0.39 is 0 Å². The molecule has 30 heavy (non-hydrogen) atoms. The van der Waals surface area contributed by atoms with E-state index in [2.05, 4.69) is 10.3 Å². The number of carbonyl (C=O) groups excluding carboxylic acids is 1. The van der Waals surface area contributed by atoms with E-state index in [1.807, 2.05) is 49.6 Å². The van der Waals surface area contributed by atoms with Crippen LogP contribution in [0.4, 0.5) is 10.1 Å². The maximum absolute atomic E-state index is 13.3. The van der Waals surface area contributed by atoms with Crippen LogP contribution in [0.1, 0.15) is 22.5 Å². The van der Waals surface area contributed by atoms with Crippen LogP contribution in [0, 0.1) is 26.6 Å². The van der Waals surface area contributed by atoms with Gasteiger partial charge in [-0.2, -0.15) is 0 Å². The molecule has 4 nitrogen and oxygen atoms in total. The van der Waals surface area contributed by atoms with Gasteiger partial charge in [0.15, 0.2) is 5.17 Å². The zero-order valence-electron chi connectivity index (χ0n) is 16.7. The number of amidine groups is 1. The SMILES string of the molecule is Cc1ccc(N=C2NC(=O)/C(=C/c3cc(C)n(-c4ccc(F)cc4)c3C)S2)cc1Cl. The summed E-state index contributed by atoms with van der Waals surface area (Å²) < 4.78 is 15.3. The Hall–Kier alpha value is -2.83. The van der Waals surface area contributed by atoms with Crippen molar-refractivity contribution in [3.63, 3.8) is 0 Å². The maximum atomic E-state index is 13.3. The lowest BCUT2D eigenvalue weighted by Gasteiger charge is -2.09. The molecule has 0 atom stereocenters. The van der Waals surface area contributed by atoms with Gasteiger partial charge in [-0.15, -0.1) is 0 Å². The van der Waals surface area contributed by atoms with Crippen molar-refractivity contribution in [1.82, 2.24) is 9.88 Å². The molecule has 1 aromatic heterocycles. The second kappa shape index (κ2) is 8.13. The number of aryl methyl sites for hydroxylation is 2. The molecule has 7 heteroatoms. The zero-order valence-corrected chi connectivity index (χ0v) is 18.2. The van der Waals surface area contributed by atoms with Gasteiger partial charge < -0.3 is 9.88 Å². The van der Waals surface area contributed by atoms with Crippen LogP contribution in [-0.4, -0.2) is 15.6 Å². The summed E-state index contributed by atoms with van der Waals surface area (Å²) in [5.74, 6) is -0.465. The minimum atomic E-state index is -0.274. The van der Waals surface area contributed by atoms with Gasteiger partial charge in [0, 0.05) is 22.1 Å². The molecule has 0 unspecified atom stereocenters. The molecule has 0 spiro atoms. The van der Waals surface area contributed by atoms with Crippen molar-refractivity contribution in [3.05, 3.63) is 86.8 Å². The van der Waals surface area contributed by atoms with E-state index in [0.717, 1.165) is 28.2 Å². The van der Waals surface area contributed by atoms with Crippen molar-refractivity contribution < 1.29 is 9.18 Å². The summed E-state index contributed by atoms with van der Waals surface area (Å²) in [6, 6.07) is 13.9. The number of carbonyl (C=O) groups is 1. The molecule has 2 aromatic carbocycles. The summed E-state index contributed by atoms with van der Waals surface area (Å²) in [5.41, 5.74) is 5.42. The second-order valence-electron chi connectivity index (χ2n) is 7.05. The summed E-state index contributed by atoms with van der Waals surface area (Å²) in [5, 5.41) is 3.95. The Morgan fingerprint density at radius 1 is 1.10 bits per heavy atom. The topological polar surface area (TPSA) is 46.4 Å². The molecule has 4 rings (SSSR count). The fraction of sp³-hybridized carbons (Fsp3) is 0.130. The molecule has 0 saturated carbocycles. The van der Waals surface area contributed by atoms with Crippen LogP contribution >= 0.6 is 23.4 Å². The Balaban J connectivity index is 1.63. The highest BCUT2D eigenvalue weighted by molar-refractivity contribution is 8.18. The molecular formula is C23H19ClFN3OS. The van der Waals surface area contributed by atoms with E-state index in [-0.39, 0.29) is 11.7 Å². The number of hydrogen-bond donors (Lipinski definition) is 1. The van der Waals surface area contributed by atoms with Crippen LogP contribution in [0.15, 0.2) is 58.4 Å². The Morgan fingerprint density at radius 3 is 2.53 bits per heavy atom. The number of aliphatic imine (C=N–C) groups is 1. The molecule has 1 amide bonds. The van der Waals surface area contributed by atoms with Gasteiger partial charge in [0.1, 0.15) is 5.82 Å². The third-order valence-electron chi connectivity index (χ3n) is 4.88. The number of halogens is 2. The summed E-state index contributed by atoms with van der Waals surface area (Å²) >= 11 is 7.45. The fourth-order valence-electron chi connectivity index (χ4n) is 3.31. The molecule has 2 heterocycles. The van der Waals surface area contributed by atoms with Gasteiger partial charge in [0.05, 0.1) is 10.6 Å². The van der Waals surface area contributed by atoms with Gasteiger partial charge >= 0.3 is 0 Å². The minimum Gasteiger partial charge on any atom is -0.318 e. The van der Waals surface area contributed by atoms with Gasteiger partial charge in [0.2, 0.25) is 0 Å². The lowest BCUT2D eigenvalue weighted by atomic mass is 10.2. The predicted octanol–water partition coefficient (Wildman–Crippen LogP) is 6.09. The van der Waals surface area contributed by atoms with Crippen molar-refractivity contribution in [1.29, 1.82) is 0 Å². The zero-order chi connectivity index (χ0) is 21.4. The van der Waals surface area contributed by atoms with Crippen LogP contribution in [0.25, 0.3) is 11.8 Å². The monoisotopic (exact) mass is 439 g/mol. The minimum absolute atomic E-state index is 0.191. The summed E-state index contributed by atoms with van der Waals surface area (Å²) in [7, 11) is 0. The van der Waals surface area contributed by atoms with Crippen LogP contribution in [-0.2, 0) is 4.79 Å². The highest BCUT2D eigenvalue weighted by Crippen LogP contribution is 2.31. The Labute approximate surface area is 183 Å². The molecule has 1 aliphatic heterocycles. The smallest absolute Gasteiger partial charge is 0.264 e. The quantitative estimate of drug-likeness (QED) is 0.502. The number of nitrogens with zero attached hydrogens (tertiary/aromatic N) is 2. The van der Waals surface area contributed by atoms with Gasteiger partial charge in [-0.25, -0.2) is 9.38 Å². The van der Waals surface area contributed by atoms with Crippen molar-refractivity contribution in [2.75, 3.05) is 0 Å². The van der Waals surface area contributed by atoms with Gasteiger partial charge in [-0.3, -0.25) is 4.79 Å². The molecular weight excluding hydrogens is 421 g/mol. The summed E-state index contributed by atoms with van der Waals surface area (Å²) in [6.07, 6.45) is 1.85. The predicted molar refractivity (Wildman–Crippen MR) is 122 cm³/mol. The normalized spacial score (nSPS) is 16.5. The van der Waals surface area contributed by atoms with Crippen LogP contribution in [0.3, 0.4) is 0 Å². The van der Waals surface area contributed by atoms with Crippen molar-refractivity contribution in [2.45, 2.75) is 20.8 Å². The van der Waals surface area contributed by atoms with Crippen LogP contribution in [0.2, 0.25) is 5.02 Å². The Bertz CT molecular complexity index is 1210. The highest BCUT2D eigenvalue weighted by Gasteiger charge is 2.24. The van der Waals surface area contributed by atoms with Crippen molar-refractivity contribution >= 4 is 46.2 Å². The molecule has 1 saturated heterocycles. The number of rotatable bonds is 3. The Morgan fingerprint density at radius 2 is 1.83 bits per heavy atom. The number of thioether (sulfide) groups is 1. The summed E-state index contributed by atoms with van der Waals surface area (Å²) in [6.45, 7) is 5.88. The van der Waals surface area contributed by atoms with Crippen molar-refractivity contribution in [3.8, 4) is 5.69 Å².